The number of nitrogens with one attached hydrogen (secondary N) is 2. The predicted octanol–water partition coefficient (Wildman–Crippen LogP) is 0.822. The highest BCUT2D eigenvalue weighted by molar-refractivity contribution is 6.09. The monoisotopic (exact) mass is 288 g/mol. The topological polar surface area (TPSA) is 120 Å². The van der Waals surface area contributed by atoms with Gasteiger partial charge in [-0.1, -0.05) is 11.2 Å². The second-order valence-corrected chi connectivity index (χ2v) is 4.54. The number of aromatic amines is 1. The molecule has 0 radical (unpaired) electrons. The van der Waals surface area contributed by atoms with Gasteiger partial charge in [0.15, 0.2) is 5.84 Å². The van der Waals surface area contributed by atoms with Gasteiger partial charge in [-0.25, -0.2) is 0 Å². The van der Waals surface area contributed by atoms with Gasteiger partial charge < -0.3 is 21.2 Å². The van der Waals surface area contributed by atoms with Crippen LogP contribution in [0.2, 0.25) is 0 Å². The molecule has 5 N–H and O–H groups in total. The molecule has 1 heterocycles. The standard InChI is InChI=1S/C13H16N6O2/c1-19(2)9-5-3-4-8(6-9)13(20)16-12-10(7-15-17-12)11(14)18-21/h3-7,21H,1-2H3,(H2,14,18)(H2,15,16,17,20). The number of benzene rings is 1. The Bertz CT molecular complexity index is 677. The van der Waals surface area contributed by atoms with Crippen LogP contribution in [0.5, 0.6) is 0 Å². The van der Waals surface area contributed by atoms with Gasteiger partial charge in [-0.3, -0.25) is 9.89 Å². The normalized spacial score (nSPS) is 11.2. The number of carbonyl (C=O) groups excluding carboxylic acids is 1. The average molecular weight is 288 g/mol. The van der Waals surface area contributed by atoms with E-state index in [1.54, 1.807) is 18.2 Å². The van der Waals surface area contributed by atoms with Crippen LogP contribution in [0.1, 0.15) is 15.9 Å². The van der Waals surface area contributed by atoms with Crippen molar-refractivity contribution in [2.24, 2.45) is 10.9 Å². The molecule has 0 saturated heterocycles. The molecule has 0 unspecified atom stereocenters. The smallest absolute Gasteiger partial charge is 0.256 e. The number of nitrogens with two attached hydrogens (primary N) is 1. The van der Waals surface area contributed by atoms with E-state index in [1.807, 2.05) is 25.1 Å². The number of hydrogen-bond acceptors (Lipinski definition) is 5. The second kappa shape index (κ2) is 5.95. The van der Waals surface area contributed by atoms with Crippen LogP contribution in [0.3, 0.4) is 0 Å². The lowest BCUT2D eigenvalue weighted by Gasteiger charge is -2.13. The fourth-order valence-electron chi connectivity index (χ4n) is 1.74. The zero-order valence-corrected chi connectivity index (χ0v) is 11.7. The number of hydrogen-bond donors (Lipinski definition) is 4. The fourth-order valence-corrected chi connectivity index (χ4v) is 1.74. The second-order valence-electron chi connectivity index (χ2n) is 4.54. The van der Waals surface area contributed by atoms with Gasteiger partial charge in [-0.05, 0) is 18.2 Å². The van der Waals surface area contributed by atoms with Gasteiger partial charge in [-0.2, -0.15) is 5.10 Å². The molecule has 0 spiro atoms. The first kappa shape index (κ1) is 14.4. The Morgan fingerprint density at radius 3 is 2.90 bits per heavy atom. The van der Waals surface area contributed by atoms with E-state index in [9.17, 15) is 4.79 Å². The highest BCUT2D eigenvalue weighted by Crippen LogP contribution is 2.16. The SMILES string of the molecule is CN(C)c1cccc(C(=O)Nc2[nH]ncc2C(N)=NO)c1. The highest BCUT2D eigenvalue weighted by Gasteiger charge is 2.14. The summed E-state index contributed by atoms with van der Waals surface area (Å²) in [4.78, 5) is 14.1. The van der Waals surface area contributed by atoms with E-state index in [4.69, 9.17) is 10.9 Å². The molecule has 1 aromatic carbocycles. The zero-order valence-electron chi connectivity index (χ0n) is 11.7. The minimum absolute atomic E-state index is 0.138. The minimum atomic E-state index is -0.324. The molecule has 1 amide bonds. The van der Waals surface area contributed by atoms with Crippen LogP contribution < -0.4 is 16.0 Å². The van der Waals surface area contributed by atoms with Crippen molar-refractivity contribution in [3.63, 3.8) is 0 Å². The van der Waals surface area contributed by atoms with Crippen molar-refractivity contribution in [3.05, 3.63) is 41.6 Å². The maximum absolute atomic E-state index is 12.2. The van der Waals surface area contributed by atoms with Gasteiger partial charge in [0, 0.05) is 25.3 Å². The number of rotatable bonds is 4. The van der Waals surface area contributed by atoms with E-state index in [-0.39, 0.29) is 17.6 Å². The fraction of sp³-hybridized carbons (Fsp3) is 0.154. The minimum Gasteiger partial charge on any atom is -0.409 e. The molecule has 0 saturated carbocycles. The first-order chi connectivity index (χ1) is 10.0. The van der Waals surface area contributed by atoms with Crippen molar-refractivity contribution in [3.8, 4) is 0 Å². The largest absolute Gasteiger partial charge is 0.409 e. The van der Waals surface area contributed by atoms with E-state index >= 15 is 0 Å². The Hall–Kier alpha value is -3.03. The lowest BCUT2D eigenvalue weighted by Crippen LogP contribution is -2.19. The number of aromatic nitrogens is 2. The van der Waals surface area contributed by atoms with Gasteiger partial charge in [0.1, 0.15) is 5.82 Å². The van der Waals surface area contributed by atoms with Gasteiger partial charge in [0.05, 0.1) is 11.8 Å². The number of carbonyl (C=O) groups is 1. The first-order valence-corrected chi connectivity index (χ1v) is 6.13. The van der Waals surface area contributed by atoms with Gasteiger partial charge in [-0.15, -0.1) is 0 Å². The summed E-state index contributed by atoms with van der Waals surface area (Å²) in [5, 5.41) is 20.6. The molecule has 1 aromatic heterocycles. The van der Waals surface area contributed by atoms with Gasteiger partial charge >= 0.3 is 0 Å². The van der Waals surface area contributed by atoms with Crippen LogP contribution in [0, 0.1) is 0 Å². The Labute approximate surface area is 121 Å². The van der Waals surface area contributed by atoms with E-state index in [2.05, 4.69) is 20.7 Å². The molecule has 0 aliphatic heterocycles. The summed E-state index contributed by atoms with van der Waals surface area (Å²) >= 11 is 0. The van der Waals surface area contributed by atoms with Crippen molar-refractivity contribution in [1.29, 1.82) is 0 Å². The molecule has 8 nitrogen and oxygen atoms in total. The van der Waals surface area contributed by atoms with Crippen LogP contribution in [0.25, 0.3) is 0 Å². The van der Waals surface area contributed by atoms with E-state index in [0.717, 1.165) is 5.69 Å². The molecule has 21 heavy (non-hydrogen) atoms. The summed E-state index contributed by atoms with van der Waals surface area (Å²) in [7, 11) is 3.78. The maximum Gasteiger partial charge on any atom is 0.256 e. The Morgan fingerprint density at radius 2 is 2.24 bits per heavy atom. The van der Waals surface area contributed by atoms with Crippen molar-refractivity contribution < 1.29 is 10.0 Å². The summed E-state index contributed by atoms with van der Waals surface area (Å²) in [6, 6.07) is 7.15. The summed E-state index contributed by atoms with van der Waals surface area (Å²) in [6.45, 7) is 0. The molecular formula is C13H16N6O2. The molecule has 110 valence electrons. The third-order valence-electron chi connectivity index (χ3n) is 2.89. The van der Waals surface area contributed by atoms with Crippen LogP contribution >= 0.6 is 0 Å². The van der Waals surface area contributed by atoms with Crippen molar-refractivity contribution in [2.45, 2.75) is 0 Å². The Morgan fingerprint density at radius 1 is 1.48 bits per heavy atom. The molecule has 0 aliphatic rings. The van der Waals surface area contributed by atoms with Crippen LogP contribution in [0.4, 0.5) is 11.5 Å². The summed E-state index contributed by atoms with van der Waals surface area (Å²) in [6.07, 6.45) is 1.36. The molecule has 0 fully saturated rings. The Balaban J connectivity index is 2.23. The highest BCUT2D eigenvalue weighted by atomic mass is 16.4. The summed E-state index contributed by atoms with van der Waals surface area (Å²) in [5.41, 5.74) is 7.21. The van der Waals surface area contributed by atoms with Gasteiger partial charge in [0.25, 0.3) is 5.91 Å². The molecule has 2 aromatic rings. The third kappa shape index (κ3) is 3.11. The summed E-state index contributed by atoms with van der Waals surface area (Å²) in [5.74, 6) is -0.193. The Kier molecular flexibility index (Phi) is 4.07. The van der Waals surface area contributed by atoms with E-state index < -0.39 is 0 Å². The molecule has 0 bridgehead atoms. The quantitative estimate of drug-likeness (QED) is 0.287. The lowest BCUT2D eigenvalue weighted by atomic mass is 10.1. The van der Waals surface area contributed by atoms with Crippen molar-refractivity contribution >= 4 is 23.2 Å². The zero-order chi connectivity index (χ0) is 15.4. The lowest BCUT2D eigenvalue weighted by molar-refractivity contribution is 0.102. The van der Waals surface area contributed by atoms with E-state index in [0.29, 0.717) is 11.1 Å². The molecule has 8 heteroatoms. The molecule has 0 atom stereocenters. The maximum atomic E-state index is 12.2. The van der Waals surface area contributed by atoms with E-state index in [1.165, 1.54) is 6.20 Å². The van der Waals surface area contributed by atoms with Crippen molar-refractivity contribution in [2.75, 3.05) is 24.3 Å². The van der Waals surface area contributed by atoms with Crippen LogP contribution in [0.15, 0.2) is 35.6 Å². The summed E-state index contributed by atoms with van der Waals surface area (Å²) < 4.78 is 0. The third-order valence-corrected chi connectivity index (χ3v) is 2.89. The molecule has 0 aliphatic carbocycles. The first-order valence-electron chi connectivity index (χ1n) is 6.13. The van der Waals surface area contributed by atoms with Gasteiger partial charge in [0.2, 0.25) is 0 Å². The predicted molar refractivity (Wildman–Crippen MR) is 79.8 cm³/mol. The number of nitrogens with zero attached hydrogens (tertiary/aromatic N) is 3. The number of amides is 1. The number of amidine groups is 1. The van der Waals surface area contributed by atoms with Crippen LogP contribution in [-0.4, -0.2) is 41.2 Å². The van der Waals surface area contributed by atoms with Crippen molar-refractivity contribution in [1.82, 2.24) is 10.2 Å². The molecular weight excluding hydrogens is 272 g/mol. The molecule has 2 rings (SSSR count). The number of oxime groups is 1. The number of H-pyrrole nitrogens is 1. The average Bonchev–Trinajstić information content (AvgIpc) is 2.94. The number of anilines is 2. The van der Waals surface area contributed by atoms with Crippen LogP contribution in [-0.2, 0) is 0 Å².